The van der Waals surface area contributed by atoms with Gasteiger partial charge >= 0.3 is 5.69 Å². The summed E-state index contributed by atoms with van der Waals surface area (Å²) in [5.41, 5.74) is 4.70. The highest BCUT2D eigenvalue weighted by molar-refractivity contribution is 6.05. The van der Waals surface area contributed by atoms with Crippen LogP contribution < -0.4 is 5.69 Å². The molecule has 34 heavy (non-hydrogen) atoms. The molecule has 2 atom stereocenters. The molecule has 0 radical (unpaired) electrons. The SMILES string of the molecule is CC[C@H]1C[C@@H](n2c(=O)nc(-c3cnn(C)c3)c3oc4ccc(-c5cncnc5)nc4c32)CCO1. The lowest BCUT2D eigenvalue weighted by atomic mass is 10.0. The molecule has 6 heterocycles. The summed E-state index contributed by atoms with van der Waals surface area (Å²) in [7, 11) is 1.82. The van der Waals surface area contributed by atoms with Gasteiger partial charge in [0.25, 0.3) is 0 Å². The Balaban J connectivity index is 1.65. The van der Waals surface area contributed by atoms with E-state index in [0.29, 0.717) is 45.8 Å². The molecular formula is C24H23N7O3. The van der Waals surface area contributed by atoms with E-state index in [1.807, 2.05) is 25.4 Å². The molecule has 0 amide bonds. The fourth-order valence-corrected chi connectivity index (χ4v) is 4.69. The molecule has 0 aromatic carbocycles. The van der Waals surface area contributed by atoms with Gasteiger partial charge in [0.1, 0.15) is 23.1 Å². The maximum atomic E-state index is 13.5. The van der Waals surface area contributed by atoms with Crippen molar-refractivity contribution in [3.8, 4) is 22.5 Å². The molecule has 0 saturated carbocycles. The minimum atomic E-state index is -0.328. The zero-order chi connectivity index (χ0) is 23.2. The Morgan fingerprint density at radius 2 is 1.97 bits per heavy atom. The summed E-state index contributed by atoms with van der Waals surface area (Å²) >= 11 is 0. The Morgan fingerprint density at radius 3 is 2.74 bits per heavy atom. The van der Waals surface area contributed by atoms with Gasteiger partial charge in [0, 0.05) is 49.4 Å². The predicted molar refractivity (Wildman–Crippen MR) is 125 cm³/mol. The Bertz CT molecular complexity index is 1550. The average Bonchev–Trinajstić information content (AvgIpc) is 3.47. The van der Waals surface area contributed by atoms with Crippen LogP contribution in [0.4, 0.5) is 0 Å². The van der Waals surface area contributed by atoms with Crippen LogP contribution in [0, 0.1) is 0 Å². The Hall–Kier alpha value is -3.92. The molecule has 1 aliphatic heterocycles. The van der Waals surface area contributed by atoms with Gasteiger partial charge in [0.05, 0.1) is 18.0 Å². The minimum Gasteiger partial charge on any atom is -0.450 e. The van der Waals surface area contributed by atoms with Gasteiger partial charge in [-0.2, -0.15) is 10.1 Å². The van der Waals surface area contributed by atoms with Gasteiger partial charge in [0.2, 0.25) is 0 Å². The number of nitrogens with zero attached hydrogens (tertiary/aromatic N) is 7. The van der Waals surface area contributed by atoms with Crippen molar-refractivity contribution in [1.82, 2.24) is 34.3 Å². The monoisotopic (exact) mass is 457 g/mol. The second kappa shape index (κ2) is 8.14. The topological polar surface area (TPSA) is 114 Å². The van der Waals surface area contributed by atoms with Gasteiger partial charge in [0.15, 0.2) is 11.2 Å². The first-order valence-electron chi connectivity index (χ1n) is 11.3. The first-order chi connectivity index (χ1) is 16.6. The fourth-order valence-electron chi connectivity index (χ4n) is 4.69. The highest BCUT2D eigenvalue weighted by Crippen LogP contribution is 2.37. The van der Waals surface area contributed by atoms with E-state index in [9.17, 15) is 4.79 Å². The van der Waals surface area contributed by atoms with E-state index in [-0.39, 0.29) is 17.8 Å². The average molecular weight is 457 g/mol. The van der Waals surface area contributed by atoms with E-state index in [1.54, 1.807) is 27.8 Å². The van der Waals surface area contributed by atoms with Crippen molar-refractivity contribution in [2.45, 2.75) is 38.3 Å². The number of pyridine rings is 1. The molecule has 1 fully saturated rings. The first-order valence-corrected chi connectivity index (χ1v) is 11.3. The van der Waals surface area contributed by atoms with Gasteiger partial charge in [-0.3, -0.25) is 9.25 Å². The van der Waals surface area contributed by atoms with Crippen LogP contribution in [0.1, 0.15) is 32.2 Å². The van der Waals surface area contributed by atoms with Crippen molar-refractivity contribution in [2.75, 3.05) is 6.61 Å². The molecule has 6 rings (SSSR count). The van der Waals surface area contributed by atoms with E-state index in [0.717, 1.165) is 24.8 Å². The summed E-state index contributed by atoms with van der Waals surface area (Å²) in [6, 6.07) is 3.67. The van der Waals surface area contributed by atoms with Crippen LogP contribution in [0.3, 0.4) is 0 Å². The molecule has 0 bridgehead atoms. The zero-order valence-corrected chi connectivity index (χ0v) is 18.9. The second-order valence-corrected chi connectivity index (χ2v) is 8.55. The van der Waals surface area contributed by atoms with E-state index in [2.05, 4.69) is 27.0 Å². The number of fused-ring (bicyclic) bond motifs is 3. The van der Waals surface area contributed by atoms with Crippen LogP contribution in [0.25, 0.3) is 44.7 Å². The molecule has 0 unspecified atom stereocenters. The van der Waals surface area contributed by atoms with Gasteiger partial charge < -0.3 is 9.15 Å². The summed E-state index contributed by atoms with van der Waals surface area (Å²) < 4.78 is 15.6. The number of aryl methyl sites for hydroxylation is 1. The summed E-state index contributed by atoms with van der Waals surface area (Å²) in [5, 5.41) is 4.25. The standard InChI is InChI=1S/C24H23N7O3/c1-3-17-8-16(6-7-33-17)31-22-21-19(5-4-18(28-21)14-9-25-13-26-10-14)34-23(22)20(29-24(31)32)15-11-27-30(2)12-15/h4-5,9-13,16-17H,3,6-8H2,1-2H3/t16-,17-/m0/s1. The van der Waals surface area contributed by atoms with Crippen LogP contribution in [0.2, 0.25) is 0 Å². The Kier molecular flexibility index (Phi) is 4.95. The van der Waals surface area contributed by atoms with Crippen LogP contribution in [-0.2, 0) is 11.8 Å². The molecule has 172 valence electrons. The minimum absolute atomic E-state index is 0.0598. The largest absolute Gasteiger partial charge is 0.450 e. The third-order valence-corrected chi connectivity index (χ3v) is 6.37. The summed E-state index contributed by atoms with van der Waals surface area (Å²) in [6.07, 6.45) is 10.8. The van der Waals surface area contributed by atoms with E-state index in [4.69, 9.17) is 14.1 Å². The lowest BCUT2D eigenvalue weighted by molar-refractivity contribution is -0.00710. The van der Waals surface area contributed by atoms with Crippen molar-refractivity contribution in [3.05, 3.63) is 53.7 Å². The summed E-state index contributed by atoms with van der Waals surface area (Å²) in [5.74, 6) is 0. The maximum Gasteiger partial charge on any atom is 0.349 e. The third-order valence-electron chi connectivity index (χ3n) is 6.37. The normalized spacial score (nSPS) is 18.6. The molecule has 5 aromatic rings. The van der Waals surface area contributed by atoms with Crippen molar-refractivity contribution < 1.29 is 9.15 Å². The molecular weight excluding hydrogens is 434 g/mol. The van der Waals surface area contributed by atoms with E-state index in [1.165, 1.54) is 6.33 Å². The zero-order valence-electron chi connectivity index (χ0n) is 18.9. The van der Waals surface area contributed by atoms with Crippen LogP contribution in [0.15, 0.2) is 52.5 Å². The van der Waals surface area contributed by atoms with E-state index >= 15 is 0 Å². The molecule has 1 saturated heterocycles. The fraction of sp³-hybridized carbons (Fsp3) is 0.333. The quantitative estimate of drug-likeness (QED) is 0.403. The molecule has 10 nitrogen and oxygen atoms in total. The highest BCUT2D eigenvalue weighted by Gasteiger charge is 2.29. The number of ether oxygens (including phenoxy) is 1. The van der Waals surface area contributed by atoms with Crippen molar-refractivity contribution in [3.63, 3.8) is 0 Å². The summed E-state index contributed by atoms with van der Waals surface area (Å²) in [4.78, 5) is 31.1. The number of furan rings is 1. The first kappa shape index (κ1) is 20.7. The van der Waals surface area contributed by atoms with Crippen LogP contribution >= 0.6 is 0 Å². The highest BCUT2D eigenvalue weighted by atomic mass is 16.5. The van der Waals surface area contributed by atoms with Crippen LogP contribution in [0.5, 0.6) is 0 Å². The number of aromatic nitrogens is 7. The molecule has 10 heteroatoms. The van der Waals surface area contributed by atoms with Gasteiger partial charge in [-0.05, 0) is 31.4 Å². The van der Waals surface area contributed by atoms with Crippen molar-refractivity contribution in [1.29, 1.82) is 0 Å². The van der Waals surface area contributed by atoms with Gasteiger partial charge in [-0.15, -0.1) is 0 Å². The Morgan fingerprint density at radius 1 is 1.12 bits per heavy atom. The number of hydrogen-bond donors (Lipinski definition) is 0. The molecule has 0 aliphatic carbocycles. The Labute approximate surface area is 194 Å². The maximum absolute atomic E-state index is 13.5. The summed E-state index contributed by atoms with van der Waals surface area (Å²) in [6.45, 7) is 2.69. The molecule has 1 aliphatic rings. The molecule has 5 aromatic heterocycles. The predicted octanol–water partition coefficient (Wildman–Crippen LogP) is 3.53. The molecule has 0 spiro atoms. The van der Waals surface area contributed by atoms with Crippen molar-refractivity contribution >= 4 is 22.2 Å². The van der Waals surface area contributed by atoms with E-state index < -0.39 is 0 Å². The third kappa shape index (κ3) is 3.38. The molecule has 0 N–H and O–H groups in total. The lowest BCUT2D eigenvalue weighted by Crippen LogP contribution is -2.34. The van der Waals surface area contributed by atoms with Gasteiger partial charge in [-0.1, -0.05) is 6.92 Å². The number of hydrogen-bond acceptors (Lipinski definition) is 8. The van der Waals surface area contributed by atoms with Crippen LogP contribution in [-0.4, -0.2) is 47.0 Å². The second-order valence-electron chi connectivity index (χ2n) is 8.55. The smallest absolute Gasteiger partial charge is 0.349 e. The van der Waals surface area contributed by atoms with Crippen molar-refractivity contribution in [2.24, 2.45) is 7.05 Å². The number of rotatable bonds is 4. The van der Waals surface area contributed by atoms with Gasteiger partial charge in [-0.25, -0.2) is 19.7 Å². The lowest BCUT2D eigenvalue weighted by Gasteiger charge is -2.30.